The van der Waals surface area contributed by atoms with Gasteiger partial charge in [-0.25, -0.2) is 0 Å². The third-order valence-electron chi connectivity index (χ3n) is 5.87. The number of nitrogens with zero attached hydrogens (tertiary/aromatic N) is 1. The molecule has 3 aromatic carbocycles. The number of likely N-dealkylation sites (tertiary alicyclic amines) is 1. The molecule has 4 rings (SSSR count). The molecule has 0 radical (unpaired) electrons. The van der Waals surface area contributed by atoms with Gasteiger partial charge in [0.2, 0.25) is 0 Å². The lowest BCUT2D eigenvalue weighted by Crippen LogP contribution is -2.25. The molecule has 31 heavy (non-hydrogen) atoms. The maximum absolute atomic E-state index is 9.81. The van der Waals surface area contributed by atoms with Crippen molar-refractivity contribution >= 4 is 11.1 Å². The van der Waals surface area contributed by atoms with E-state index in [4.69, 9.17) is 4.74 Å². The Hall–Kier alpha value is -2.88. The molecule has 0 bridgehead atoms. The average Bonchev–Trinajstić information content (AvgIpc) is 3.35. The highest BCUT2D eigenvalue weighted by atomic mass is 16.5. The largest absolute Gasteiger partial charge is 0.492 e. The quantitative estimate of drug-likeness (QED) is 0.470. The van der Waals surface area contributed by atoms with Crippen LogP contribution in [0.1, 0.15) is 36.0 Å². The van der Waals surface area contributed by atoms with Crippen LogP contribution in [0.25, 0.3) is 11.1 Å². The number of aliphatic hydroxyl groups excluding tert-OH is 1. The van der Waals surface area contributed by atoms with Crippen molar-refractivity contribution in [3.63, 3.8) is 0 Å². The van der Waals surface area contributed by atoms with Gasteiger partial charge in [0.15, 0.2) is 0 Å². The van der Waals surface area contributed by atoms with Crippen LogP contribution in [-0.4, -0.2) is 42.9 Å². The summed E-state index contributed by atoms with van der Waals surface area (Å²) in [5.74, 6) is 0.902. The second-order valence-electron chi connectivity index (χ2n) is 7.98. The van der Waals surface area contributed by atoms with E-state index in [9.17, 15) is 5.11 Å². The van der Waals surface area contributed by atoms with Crippen LogP contribution in [0.3, 0.4) is 0 Å². The van der Waals surface area contributed by atoms with Crippen LogP contribution in [0, 0.1) is 0 Å². The number of rotatable bonds is 9. The number of hydrogen-bond donors (Lipinski definition) is 1. The highest BCUT2D eigenvalue weighted by Gasteiger charge is 2.14. The first-order valence-electron chi connectivity index (χ1n) is 11.3. The van der Waals surface area contributed by atoms with Gasteiger partial charge in [0, 0.05) is 13.2 Å². The van der Waals surface area contributed by atoms with Crippen molar-refractivity contribution in [1.82, 2.24) is 4.90 Å². The molecule has 0 atom stereocenters. The summed E-state index contributed by atoms with van der Waals surface area (Å²) in [7, 11) is 0. The van der Waals surface area contributed by atoms with Gasteiger partial charge in [-0.3, -0.25) is 4.90 Å². The highest BCUT2D eigenvalue weighted by Crippen LogP contribution is 2.34. The molecule has 3 heteroatoms. The topological polar surface area (TPSA) is 32.7 Å². The number of ether oxygens (including phenoxy) is 1. The lowest BCUT2D eigenvalue weighted by Gasteiger charge is -2.18. The maximum Gasteiger partial charge on any atom is 0.119 e. The average molecular weight is 414 g/mol. The summed E-state index contributed by atoms with van der Waals surface area (Å²) in [6, 6.07) is 29.2. The van der Waals surface area contributed by atoms with Gasteiger partial charge in [0.25, 0.3) is 0 Å². The van der Waals surface area contributed by atoms with Gasteiger partial charge in [-0.05, 0) is 72.3 Å². The first kappa shape index (κ1) is 21.4. The van der Waals surface area contributed by atoms with Crippen LogP contribution in [0.15, 0.2) is 84.9 Å². The lowest BCUT2D eigenvalue weighted by molar-refractivity contribution is 0.238. The third kappa shape index (κ3) is 5.63. The van der Waals surface area contributed by atoms with Crippen LogP contribution >= 0.6 is 0 Å². The van der Waals surface area contributed by atoms with Crippen molar-refractivity contribution in [2.75, 3.05) is 32.8 Å². The molecule has 1 N–H and O–H groups in total. The molecular formula is C28H31NO2. The van der Waals surface area contributed by atoms with Crippen molar-refractivity contribution in [2.45, 2.75) is 19.3 Å². The van der Waals surface area contributed by atoms with Gasteiger partial charge in [0.1, 0.15) is 12.4 Å². The molecule has 0 unspecified atom stereocenters. The van der Waals surface area contributed by atoms with Gasteiger partial charge in [-0.1, -0.05) is 72.8 Å². The Kier molecular flexibility index (Phi) is 7.54. The summed E-state index contributed by atoms with van der Waals surface area (Å²) in [4.78, 5) is 2.46. The maximum atomic E-state index is 9.81. The zero-order chi connectivity index (χ0) is 21.3. The van der Waals surface area contributed by atoms with E-state index >= 15 is 0 Å². The van der Waals surface area contributed by atoms with Crippen LogP contribution < -0.4 is 4.74 Å². The summed E-state index contributed by atoms with van der Waals surface area (Å²) in [6.45, 7) is 4.21. The van der Waals surface area contributed by atoms with E-state index in [0.29, 0.717) is 6.42 Å². The first-order valence-corrected chi connectivity index (χ1v) is 11.3. The fourth-order valence-corrected chi connectivity index (χ4v) is 4.30. The molecule has 0 spiro atoms. The smallest absolute Gasteiger partial charge is 0.119 e. The predicted molar refractivity (Wildman–Crippen MR) is 128 cm³/mol. The Morgan fingerprint density at radius 2 is 1.32 bits per heavy atom. The monoisotopic (exact) mass is 413 g/mol. The Morgan fingerprint density at radius 1 is 0.742 bits per heavy atom. The fraction of sp³-hybridized carbons (Fsp3) is 0.286. The SMILES string of the molecule is OCC/C(=C(/c1ccccc1)c1ccc(OCCN2CCCC2)cc1)c1ccccc1. The number of hydrogen-bond acceptors (Lipinski definition) is 3. The Balaban J connectivity index is 1.62. The Morgan fingerprint density at radius 3 is 1.94 bits per heavy atom. The molecule has 1 heterocycles. The summed E-state index contributed by atoms with van der Waals surface area (Å²) in [5.41, 5.74) is 5.73. The first-order chi connectivity index (χ1) is 15.3. The molecular weight excluding hydrogens is 382 g/mol. The van der Waals surface area contributed by atoms with Gasteiger partial charge in [-0.15, -0.1) is 0 Å². The molecule has 1 aliphatic rings. The minimum Gasteiger partial charge on any atom is -0.492 e. The van der Waals surface area contributed by atoms with Crippen LogP contribution in [0.4, 0.5) is 0 Å². The molecule has 0 amide bonds. The van der Waals surface area contributed by atoms with E-state index in [0.717, 1.165) is 46.7 Å². The lowest BCUT2D eigenvalue weighted by atomic mass is 9.88. The minimum absolute atomic E-state index is 0.109. The molecule has 160 valence electrons. The molecule has 3 aromatic rings. The summed E-state index contributed by atoms with van der Waals surface area (Å²) >= 11 is 0. The van der Waals surface area contributed by atoms with Crippen LogP contribution in [0.5, 0.6) is 5.75 Å². The molecule has 0 saturated carbocycles. The number of benzene rings is 3. The molecule has 1 saturated heterocycles. The normalized spacial score (nSPS) is 15.0. The van der Waals surface area contributed by atoms with E-state index in [1.807, 2.05) is 24.3 Å². The van der Waals surface area contributed by atoms with Crippen molar-refractivity contribution in [1.29, 1.82) is 0 Å². The zero-order valence-corrected chi connectivity index (χ0v) is 18.0. The molecule has 1 aliphatic heterocycles. The van der Waals surface area contributed by atoms with Crippen molar-refractivity contribution < 1.29 is 9.84 Å². The zero-order valence-electron chi connectivity index (χ0n) is 18.0. The Labute approximate surface area is 185 Å². The van der Waals surface area contributed by atoms with E-state index in [-0.39, 0.29) is 6.61 Å². The van der Waals surface area contributed by atoms with Crippen molar-refractivity contribution in [3.05, 3.63) is 102 Å². The summed E-state index contributed by atoms with van der Waals surface area (Å²) < 4.78 is 6.00. The Bertz CT molecular complexity index is 959. The van der Waals surface area contributed by atoms with E-state index in [2.05, 4.69) is 65.6 Å². The second-order valence-corrected chi connectivity index (χ2v) is 7.98. The van der Waals surface area contributed by atoms with Crippen molar-refractivity contribution in [2.24, 2.45) is 0 Å². The van der Waals surface area contributed by atoms with E-state index < -0.39 is 0 Å². The number of aliphatic hydroxyl groups is 1. The molecule has 0 aromatic heterocycles. The molecule has 3 nitrogen and oxygen atoms in total. The molecule has 1 fully saturated rings. The summed E-state index contributed by atoms with van der Waals surface area (Å²) in [6.07, 6.45) is 3.21. The fourth-order valence-electron chi connectivity index (χ4n) is 4.30. The van der Waals surface area contributed by atoms with E-state index in [1.54, 1.807) is 0 Å². The van der Waals surface area contributed by atoms with Gasteiger partial charge < -0.3 is 9.84 Å². The van der Waals surface area contributed by atoms with Gasteiger partial charge in [-0.2, -0.15) is 0 Å². The van der Waals surface area contributed by atoms with E-state index in [1.165, 1.54) is 25.9 Å². The van der Waals surface area contributed by atoms with Crippen molar-refractivity contribution in [3.8, 4) is 5.75 Å². The predicted octanol–water partition coefficient (Wildman–Crippen LogP) is 5.50. The van der Waals surface area contributed by atoms with Gasteiger partial charge >= 0.3 is 0 Å². The summed E-state index contributed by atoms with van der Waals surface area (Å²) in [5, 5.41) is 9.81. The van der Waals surface area contributed by atoms with Crippen LogP contribution in [0.2, 0.25) is 0 Å². The third-order valence-corrected chi connectivity index (χ3v) is 5.87. The standard InChI is InChI=1S/C28H31NO2/c30-21-17-27(23-9-3-1-4-10-23)28(24-11-5-2-6-12-24)25-13-15-26(16-14-25)31-22-20-29-18-7-8-19-29/h1-6,9-16,30H,7-8,17-22H2/b28-27+. The minimum atomic E-state index is 0.109. The highest BCUT2D eigenvalue weighted by molar-refractivity contribution is 5.98. The molecule has 0 aliphatic carbocycles. The van der Waals surface area contributed by atoms with Gasteiger partial charge in [0.05, 0.1) is 0 Å². The van der Waals surface area contributed by atoms with Crippen LogP contribution in [-0.2, 0) is 0 Å². The second kappa shape index (κ2) is 10.9.